The van der Waals surface area contributed by atoms with Crippen LogP contribution in [0.2, 0.25) is 0 Å². The molecule has 0 fully saturated rings. The maximum atomic E-state index is 10.3. The van der Waals surface area contributed by atoms with E-state index in [2.05, 4.69) is 24.5 Å². The van der Waals surface area contributed by atoms with Crippen LogP contribution in [-0.4, -0.2) is 12.0 Å². The van der Waals surface area contributed by atoms with Crippen LogP contribution >= 0.6 is 12.6 Å². The molecule has 0 aliphatic carbocycles. The lowest BCUT2D eigenvalue weighted by molar-refractivity contribution is 0.112. The van der Waals surface area contributed by atoms with Crippen molar-refractivity contribution < 1.29 is 4.79 Å². The molecule has 0 atom stereocenters. The number of carbonyl (C=O) groups excluding carboxylic acids is 1. The van der Waals surface area contributed by atoms with Gasteiger partial charge in [-0.05, 0) is 12.1 Å². The fourth-order valence-electron chi connectivity index (χ4n) is 0.787. The minimum Gasteiger partial charge on any atom is -0.298 e. The van der Waals surface area contributed by atoms with Crippen LogP contribution in [0.4, 0.5) is 0 Å². The fourth-order valence-corrected chi connectivity index (χ4v) is 0.866. The van der Waals surface area contributed by atoms with Crippen LogP contribution in [0.25, 0.3) is 0 Å². The van der Waals surface area contributed by atoms with Crippen LogP contribution < -0.4 is 0 Å². The molecule has 1 rings (SSSR count). The summed E-state index contributed by atoms with van der Waals surface area (Å²) in [6.45, 7) is 0. The molecule has 1 nitrogen and oxygen atoms in total. The molecule has 0 saturated carbocycles. The Kier molecular flexibility index (Phi) is 3.43. The number of carbonyl (C=O) groups is 1. The largest absolute Gasteiger partial charge is 0.298 e. The van der Waals surface area contributed by atoms with E-state index in [0.717, 1.165) is 11.8 Å². The standard InChI is InChI=1S/C10H8OS/c11-8-10-5-3-9(4-6-10)2-1-7-12/h3-6,8,12H,7H2. The van der Waals surface area contributed by atoms with E-state index >= 15 is 0 Å². The SMILES string of the molecule is O=Cc1ccc(C#CCS)cc1. The van der Waals surface area contributed by atoms with E-state index in [1.807, 2.05) is 12.1 Å². The number of rotatable bonds is 1. The maximum Gasteiger partial charge on any atom is 0.150 e. The van der Waals surface area contributed by atoms with Gasteiger partial charge in [0.1, 0.15) is 6.29 Å². The molecule has 0 aromatic heterocycles. The Balaban J connectivity index is 2.84. The Bertz CT molecular complexity index is 316. The summed E-state index contributed by atoms with van der Waals surface area (Å²) in [6, 6.07) is 7.13. The minimum absolute atomic E-state index is 0.551. The molecule has 0 bridgehead atoms. The highest BCUT2D eigenvalue weighted by atomic mass is 32.1. The van der Waals surface area contributed by atoms with Gasteiger partial charge in [-0.15, -0.1) is 0 Å². The molecule has 0 unspecified atom stereocenters. The highest BCUT2D eigenvalue weighted by Crippen LogP contribution is 2.00. The molecular weight excluding hydrogens is 168 g/mol. The zero-order chi connectivity index (χ0) is 8.81. The normalized spacial score (nSPS) is 8.42. The zero-order valence-electron chi connectivity index (χ0n) is 6.45. The molecule has 0 N–H and O–H groups in total. The summed E-state index contributed by atoms with van der Waals surface area (Å²) < 4.78 is 0. The van der Waals surface area contributed by atoms with Gasteiger partial charge in [0.15, 0.2) is 0 Å². The van der Waals surface area contributed by atoms with Gasteiger partial charge in [-0.1, -0.05) is 24.0 Å². The van der Waals surface area contributed by atoms with Crippen LogP contribution in [-0.2, 0) is 0 Å². The molecule has 2 heteroatoms. The van der Waals surface area contributed by atoms with Crippen molar-refractivity contribution >= 4 is 18.9 Å². The van der Waals surface area contributed by atoms with Gasteiger partial charge in [-0.25, -0.2) is 0 Å². The summed E-state index contributed by atoms with van der Waals surface area (Å²) in [7, 11) is 0. The van der Waals surface area contributed by atoms with Gasteiger partial charge >= 0.3 is 0 Å². The summed E-state index contributed by atoms with van der Waals surface area (Å²) in [4.78, 5) is 10.3. The first-order valence-electron chi connectivity index (χ1n) is 3.52. The van der Waals surface area contributed by atoms with E-state index in [4.69, 9.17) is 0 Å². The van der Waals surface area contributed by atoms with Gasteiger partial charge < -0.3 is 0 Å². The van der Waals surface area contributed by atoms with E-state index in [0.29, 0.717) is 11.3 Å². The number of hydrogen-bond acceptors (Lipinski definition) is 2. The molecule has 0 radical (unpaired) electrons. The Morgan fingerprint density at radius 2 is 2.00 bits per heavy atom. The van der Waals surface area contributed by atoms with Gasteiger partial charge in [0.2, 0.25) is 0 Å². The van der Waals surface area contributed by atoms with Crippen molar-refractivity contribution in [3.8, 4) is 11.8 Å². The van der Waals surface area contributed by atoms with Crippen molar-refractivity contribution in [3.05, 3.63) is 35.4 Å². The van der Waals surface area contributed by atoms with E-state index in [1.54, 1.807) is 12.1 Å². The predicted molar refractivity (Wildman–Crippen MR) is 52.6 cm³/mol. The Labute approximate surface area is 77.2 Å². The maximum absolute atomic E-state index is 10.3. The Hall–Kier alpha value is -1.20. The molecule has 0 aliphatic rings. The lowest BCUT2D eigenvalue weighted by Gasteiger charge is -1.89. The third kappa shape index (κ3) is 2.44. The highest BCUT2D eigenvalue weighted by Gasteiger charge is 1.88. The summed E-state index contributed by atoms with van der Waals surface area (Å²) >= 11 is 3.96. The van der Waals surface area contributed by atoms with E-state index < -0.39 is 0 Å². The fraction of sp³-hybridized carbons (Fsp3) is 0.100. The molecule has 0 heterocycles. The summed E-state index contributed by atoms with van der Waals surface area (Å²) in [6.07, 6.45) is 0.815. The van der Waals surface area contributed by atoms with Crippen LogP contribution in [0.5, 0.6) is 0 Å². The van der Waals surface area contributed by atoms with E-state index in [9.17, 15) is 4.79 Å². The van der Waals surface area contributed by atoms with Crippen molar-refractivity contribution in [2.24, 2.45) is 0 Å². The predicted octanol–water partition coefficient (Wildman–Crippen LogP) is 1.78. The molecule has 1 aromatic carbocycles. The van der Waals surface area contributed by atoms with Gasteiger partial charge in [0, 0.05) is 11.1 Å². The van der Waals surface area contributed by atoms with Crippen molar-refractivity contribution in [3.63, 3.8) is 0 Å². The Morgan fingerprint density at radius 1 is 1.33 bits per heavy atom. The monoisotopic (exact) mass is 176 g/mol. The first-order valence-corrected chi connectivity index (χ1v) is 4.15. The third-order valence-corrected chi connectivity index (χ3v) is 1.52. The number of benzene rings is 1. The van der Waals surface area contributed by atoms with Gasteiger partial charge in [-0.3, -0.25) is 4.79 Å². The first-order chi connectivity index (χ1) is 5.86. The summed E-state index contributed by atoms with van der Waals surface area (Å²) in [5, 5.41) is 0. The average molecular weight is 176 g/mol. The quantitative estimate of drug-likeness (QED) is 0.392. The second-order valence-electron chi connectivity index (χ2n) is 2.20. The molecular formula is C10H8OS. The minimum atomic E-state index is 0.551. The van der Waals surface area contributed by atoms with Crippen LogP contribution in [0, 0.1) is 11.8 Å². The molecule has 0 spiro atoms. The molecule has 0 aliphatic heterocycles. The van der Waals surface area contributed by atoms with E-state index in [1.165, 1.54) is 0 Å². The average Bonchev–Trinajstić information content (AvgIpc) is 2.15. The second kappa shape index (κ2) is 4.63. The number of thiol groups is 1. The van der Waals surface area contributed by atoms with Crippen LogP contribution in [0.3, 0.4) is 0 Å². The molecule has 60 valence electrons. The van der Waals surface area contributed by atoms with Gasteiger partial charge in [0.05, 0.1) is 5.75 Å². The topological polar surface area (TPSA) is 17.1 Å². The molecule has 0 amide bonds. The molecule has 12 heavy (non-hydrogen) atoms. The summed E-state index contributed by atoms with van der Waals surface area (Å²) in [5.41, 5.74) is 1.58. The smallest absolute Gasteiger partial charge is 0.150 e. The van der Waals surface area contributed by atoms with E-state index in [-0.39, 0.29) is 0 Å². The van der Waals surface area contributed by atoms with Gasteiger partial charge in [-0.2, -0.15) is 12.6 Å². The van der Waals surface area contributed by atoms with Crippen molar-refractivity contribution in [1.82, 2.24) is 0 Å². The van der Waals surface area contributed by atoms with Crippen molar-refractivity contribution in [2.45, 2.75) is 0 Å². The second-order valence-corrected chi connectivity index (χ2v) is 2.52. The van der Waals surface area contributed by atoms with Gasteiger partial charge in [0.25, 0.3) is 0 Å². The summed E-state index contributed by atoms with van der Waals surface area (Å²) in [5.74, 6) is 6.28. The first kappa shape index (κ1) is 8.89. The lowest BCUT2D eigenvalue weighted by Crippen LogP contribution is -1.79. The Morgan fingerprint density at radius 3 is 2.50 bits per heavy atom. The molecule has 0 saturated heterocycles. The number of hydrogen-bond donors (Lipinski definition) is 1. The number of aldehydes is 1. The van der Waals surface area contributed by atoms with Crippen molar-refractivity contribution in [2.75, 3.05) is 5.75 Å². The third-order valence-electron chi connectivity index (χ3n) is 1.36. The lowest BCUT2D eigenvalue weighted by atomic mass is 10.1. The highest BCUT2D eigenvalue weighted by molar-refractivity contribution is 7.80. The molecule has 1 aromatic rings. The van der Waals surface area contributed by atoms with Crippen molar-refractivity contribution in [1.29, 1.82) is 0 Å². The zero-order valence-corrected chi connectivity index (χ0v) is 7.34. The van der Waals surface area contributed by atoms with Crippen LogP contribution in [0.1, 0.15) is 15.9 Å². The van der Waals surface area contributed by atoms with Crippen LogP contribution in [0.15, 0.2) is 24.3 Å².